The topological polar surface area (TPSA) is 79.8 Å². The molecule has 6 nitrogen and oxygen atoms in total. The Kier molecular flexibility index (Phi) is 10.5. The van der Waals surface area contributed by atoms with E-state index in [0.717, 1.165) is 34.9 Å². The molecule has 2 aromatic rings. The fourth-order valence-corrected chi connectivity index (χ4v) is 4.15. The monoisotopic (exact) mass is 469 g/mol. The van der Waals surface area contributed by atoms with Gasteiger partial charge in [0.05, 0.1) is 18.8 Å². The van der Waals surface area contributed by atoms with Crippen LogP contribution in [0.25, 0.3) is 0 Å². The molecule has 2 N–H and O–H groups in total. The van der Waals surface area contributed by atoms with Crippen LogP contribution in [0.5, 0.6) is 0 Å². The molecule has 0 saturated carbocycles. The number of amidine groups is 1. The van der Waals surface area contributed by atoms with Crippen molar-refractivity contribution in [3.05, 3.63) is 54.1 Å². The number of hydrogen-bond donors (Lipinski definition) is 2. The molecule has 0 heterocycles. The largest absolute Gasteiger partial charge is 0.465 e. The van der Waals surface area contributed by atoms with Crippen LogP contribution in [0, 0.1) is 0 Å². The molecule has 0 aliphatic rings. The fraction of sp³-hybridized carbons (Fsp3) is 0.423. The Bertz CT molecular complexity index is 956. The van der Waals surface area contributed by atoms with Gasteiger partial charge in [-0.05, 0) is 70.5 Å². The third-order valence-corrected chi connectivity index (χ3v) is 5.99. The van der Waals surface area contributed by atoms with Crippen LogP contribution in [0.4, 0.5) is 11.4 Å². The van der Waals surface area contributed by atoms with Crippen LogP contribution in [0.2, 0.25) is 0 Å². The summed E-state index contributed by atoms with van der Waals surface area (Å²) >= 11 is 1.49. The highest BCUT2D eigenvalue weighted by Crippen LogP contribution is 2.34. The van der Waals surface area contributed by atoms with E-state index >= 15 is 0 Å². The number of hydrogen-bond acceptors (Lipinski definition) is 6. The van der Waals surface area contributed by atoms with Crippen LogP contribution in [0.15, 0.2) is 58.4 Å². The Morgan fingerprint density at radius 3 is 2.39 bits per heavy atom. The number of rotatable bonds is 12. The van der Waals surface area contributed by atoms with Crippen molar-refractivity contribution < 1.29 is 14.3 Å². The Morgan fingerprint density at radius 2 is 1.76 bits per heavy atom. The normalized spacial score (nSPS) is 11.7. The van der Waals surface area contributed by atoms with Gasteiger partial charge in [0.25, 0.3) is 0 Å². The minimum atomic E-state index is -0.636. The number of nitrogens with zero attached hydrogens (tertiary/aromatic N) is 1. The van der Waals surface area contributed by atoms with Crippen molar-refractivity contribution in [3.8, 4) is 0 Å². The minimum absolute atomic E-state index is 0.0304. The molecular formula is C26H35N3O3S. The van der Waals surface area contributed by atoms with Crippen molar-refractivity contribution in [2.75, 3.05) is 30.3 Å². The second-order valence-electron chi connectivity index (χ2n) is 8.09. The van der Waals surface area contributed by atoms with E-state index in [-0.39, 0.29) is 11.8 Å². The Labute approximate surface area is 201 Å². The first kappa shape index (κ1) is 26.5. The molecule has 0 bridgehead atoms. The lowest BCUT2D eigenvalue weighted by molar-refractivity contribution is -0.145. The van der Waals surface area contributed by atoms with Gasteiger partial charge in [-0.1, -0.05) is 19.1 Å². The number of esters is 1. The highest BCUT2D eigenvalue weighted by atomic mass is 32.2. The molecule has 2 rings (SSSR count). The maximum Gasteiger partial charge on any atom is 0.321 e. The van der Waals surface area contributed by atoms with Crippen molar-refractivity contribution in [1.82, 2.24) is 0 Å². The van der Waals surface area contributed by atoms with Gasteiger partial charge in [-0.2, -0.15) is 0 Å². The fourth-order valence-electron chi connectivity index (χ4n) is 3.15. The average Bonchev–Trinajstić information content (AvgIpc) is 2.78. The van der Waals surface area contributed by atoms with Crippen LogP contribution >= 0.6 is 11.8 Å². The second kappa shape index (κ2) is 13.0. The molecule has 0 amide bonds. The molecule has 0 radical (unpaired) electrons. The summed E-state index contributed by atoms with van der Waals surface area (Å²) in [5, 5.41) is 6.72. The van der Waals surface area contributed by atoms with E-state index in [4.69, 9.17) is 9.73 Å². The lowest BCUT2D eigenvalue weighted by Gasteiger charge is -2.21. The van der Waals surface area contributed by atoms with E-state index in [9.17, 15) is 9.59 Å². The average molecular weight is 470 g/mol. The summed E-state index contributed by atoms with van der Waals surface area (Å²) in [5.74, 6) is 0.696. The van der Waals surface area contributed by atoms with Gasteiger partial charge >= 0.3 is 5.97 Å². The SMILES string of the molecule is CCCC(=NCCNc1ccc(SC(C)(C)C(=O)OCC)cc1)Nc1ccccc1C(C)=O. The number of ketones is 1. The molecule has 0 unspecified atom stereocenters. The van der Waals surface area contributed by atoms with Gasteiger partial charge in [-0.3, -0.25) is 14.6 Å². The number of thioether (sulfide) groups is 1. The third kappa shape index (κ3) is 8.57. The zero-order valence-corrected chi connectivity index (χ0v) is 21.1. The lowest BCUT2D eigenvalue weighted by atomic mass is 10.1. The van der Waals surface area contributed by atoms with Gasteiger partial charge < -0.3 is 15.4 Å². The second-order valence-corrected chi connectivity index (χ2v) is 9.79. The van der Waals surface area contributed by atoms with Crippen LogP contribution < -0.4 is 10.6 Å². The van der Waals surface area contributed by atoms with Gasteiger partial charge in [-0.25, -0.2) is 0 Å². The standard InChI is InChI=1S/C26H35N3O3S/c1-6-10-24(29-23-12-9-8-11-22(23)19(3)30)28-18-17-27-20-13-15-21(16-14-20)33-26(4,5)25(31)32-7-2/h8-9,11-16,27H,6-7,10,17-18H2,1-5H3,(H,28,29). The Balaban J connectivity index is 1.91. The summed E-state index contributed by atoms with van der Waals surface area (Å²) in [7, 11) is 0. The number of Topliss-reactive ketones (excluding diaryl/α,β-unsaturated/α-hetero) is 1. The molecule has 2 aromatic carbocycles. The number of anilines is 2. The smallest absolute Gasteiger partial charge is 0.321 e. The van der Waals surface area contributed by atoms with Crippen molar-refractivity contribution in [2.24, 2.45) is 4.99 Å². The number of carbonyl (C=O) groups is 2. The molecule has 0 aromatic heterocycles. The van der Waals surface area contributed by atoms with Crippen LogP contribution in [0.3, 0.4) is 0 Å². The number of ether oxygens (including phenoxy) is 1. The molecule has 0 aliphatic carbocycles. The molecule has 178 valence electrons. The summed E-state index contributed by atoms with van der Waals surface area (Å²) in [6.07, 6.45) is 1.77. The van der Waals surface area contributed by atoms with Crippen molar-refractivity contribution in [2.45, 2.75) is 57.1 Å². The van der Waals surface area contributed by atoms with Gasteiger partial charge in [-0.15, -0.1) is 11.8 Å². The molecular weight excluding hydrogens is 434 g/mol. The number of nitrogens with one attached hydrogen (secondary N) is 2. The van der Waals surface area contributed by atoms with E-state index in [2.05, 4.69) is 17.6 Å². The molecule has 0 atom stereocenters. The van der Waals surface area contributed by atoms with Gasteiger partial charge in [0.15, 0.2) is 5.78 Å². The molecule has 0 aliphatic heterocycles. The number of carbonyl (C=O) groups excluding carboxylic acids is 2. The first-order valence-corrected chi connectivity index (χ1v) is 12.2. The summed E-state index contributed by atoms with van der Waals surface area (Å²) in [6.45, 7) is 10.9. The lowest BCUT2D eigenvalue weighted by Crippen LogP contribution is -2.29. The van der Waals surface area contributed by atoms with Crippen LogP contribution in [-0.4, -0.2) is 42.0 Å². The predicted molar refractivity (Wildman–Crippen MR) is 139 cm³/mol. The molecule has 0 spiro atoms. The van der Waals surface area contributed by atoms with E-state index in [1.54, 1.807) is 6.92 Å². The Morgan fingerprint density at radius 1 is 1.06 bits per heavy atom. The van der Waals surface area contributed by atoms with Crippen molar-refractivity contribution in [3.63, 3.8) is 0 Å². The first-order valence-electron chi connectivity index (χ1n) is 11.4. The first-order chi connectivity index (χ1) is 15.8. The van der Waals surface area contributed by atoms with E-state index in [0.29, 0.717) is 25.3 Å². The summed E-state index contributed by atoms with van der Waals surface area (Å²) in [6, 6.07) is 15.5. The molecule has 33 heavy (non-hydrogen) atoms. The zero-order chi connectivity index (χ0) is 24.3. The molecule has 0 fully saturated rings. The quantitative estimate of drug-likeness (QED) is 0.0984. The predicted octanol–water partition coefficient (Wildman–Crippen LogP) is 6.05. The van der Waals surface area contributed by atoms with E-state index in [1.807, 2.05) is 69.3 Å². The maximum absolute atomic E-state index is 12.1. The van der Waals surface area contributed by atoms with Crippen LogP contribution in [-0.2, 0) is 9.53 Å². The van der Waals surface area contributed by atoms with Gasteiger partial charge in [0.1, 0.15) is 10.6 Å². The maximum atomic E-state index is 12.1. The molecule has 7 heteroatoms. The van der Waals surface area contributed by atoms with Gasteiger partial charge in [0, 0.05) is 29.1 Å². The van der Waals surface area contributed by atoms with E-state index in [1.165, 1.54) is 11.8 Å². The number of aliphatic imine (C=N–C) groups is 1. The number of benzene rings is 2. The highest BCUT2D eigenvalue weighted by Gasteiger charge is 2.30. The third-order valence-electron chi connectivity index (χ3n) is 4.81. The summed E-state index contributed by atoms with van der Waals surface area (Å²) in [5.41, 5.74) is 2.46. The molecule has 0 saturated heterocycles. The Hall–Kier alpha value is -2.80. The van der Waals surface area contributed by atoms with Crippen LogP contribution in [0.1, 0.15) is 57.8 Å². The van der Waals surface area contributed by atoms with Crippen molar-refractivity contribution >= 4 is 40.7 Å². The number of para-hydroxylation sites is 1. The van der Waals surface area contributed by atoms with Crippen molar-refractivity contribution in [1.29, 1.82) is 0 Å². The van der Waals surface area contributed by atoms with E-state index < -0.39 is 4.75 Å². The van der Waals surface area contributed by atoms with Gasteiger partial charge in [0.2, 0.25) is 0 Å². The summed E-state index contributed by atoms with van der Waals surface area (Å²) < 4.78 is 4.52. The summed E-state index contributed by atoms with van der Waals surface area (Å²) in [4.78, 5) is 29.7. The zero-order valence-electron chi connectivity index (χ0n) is 20.2. The minimum Gasteiger partial charge on any atom is -0.465 e. The highest BCUT2D eigenvalue weighted by molar-refractivity contribution is 8.01.